The predicted molar refractivity (Wildman–Crippen MR) is 68.7 cm³/mol. The maximum atomic E-state index is 5.14. The highest BCUT2D eigenvalue weighted by Gasteiger charge is 2.22. The van der Waals surface area contributed by atoms with Crippen LogP contribution in [0.25, 0.3) is 0 Å². The zero-order valence-electron chi connectivity index (χ0n) is 10.7. The molecule has 0 aromatic rings. The molecule has 0 aliphatic carbocycles. The molecule has 0 bridgehead atoms. The standard InChI is InChI=1S/C13H26N2O/c1-4-8-15(9-10-16-3)11-13-12(2)6-5-7-14-13/h4,12-14H,1,5-11H2,2-3H3. The van der Waals surface area contributed by atoms with Crippen molar-refractivity contribution in [3.8, 4) is 0 Å². The topological polar surface area (TPSA) is 24.5 Å². The molecule has 0 radical (unpaired) electrons. The summed E-state index contributed by atoms with van der Waals surface area (Å²) in [4.78, 5) is 2.41. The summed E-state index contributed by atoms with van der Waals surface area (Å²) >= 11 is 0. The lowest BCUT2D eigenvalue weighted by Crippen LogP contribution is -2.48. The van der Waals surface area contributed by atoms with Crippen LogP contribution in [0.3, 0.4) is 0 Å². The SMILES string of the molecule is C=CCN(CCOC)CC1NCCCC1C. The van der Waals surface area contributed by atoms with E-state index in [4.69, 9.17) is 4.74 Å². The molecule has 16 heavy (non-hydrogen) atoms. The van der Waals surface area contributed by atoms with Crippen molar-refractivity contribution < 1.29 is 4.74 Å². The maximum Gasteiger partial charge on any atom is 0.0589 e. The molecular weight excluding hydrogens is 200 g/mol. The van der Waals surface area contributed by atoms with Gasteiger partial charge in [-0.05, 0) is 25.3 Å². The number of nitrogens with zero attached hydrogens (tertiary/aromatic N) is 1. The van der Waals surface area contributed by atoms with E-state index in [1.807, 2.05) is 6.08 Å². The first kappa shape index (κ1) is 13.7. The quantitative estimate of drug-likeness (QED) is 0.666. The highest BCUT2D eigenvalue weighted by molar-refractivity contribution is 4.83. The second-order valence-electron chi connectivity index (χ2n) is 4.72. The number of ether oxygens (including phenoxy) is 1. The number of piperidine rings is 1. The van der Waals surface area contributed by atoms with Crippen LogP contribution in [-0.4, -0.2) is 50.8 Å². The molecule has 1 rings (SSSR count). The minimum absolute atomic E-state index is 0.630. The van der Waals surface area contributed by atoms with Crippen LogP contribution in [0.15, 0.2) is 12.7 Å². The third kappa shape index (κ3) is 4.64. The molecule has 2 atom stereocenters. The van der Waals surface area contributed by atoms with E-state index in [0.29, 0.717) is 6.04 Å². The maximum absolute atomic E-state index is 5.14. The van der Waals surface area contributed by atoms with Gasteiger partial charge in [-0.2, -0.15) is 0 Å². The van der Waals surface area contributed by atoms with Gasteiger partial charge < -0.3 is 10.1 Å². The van der Waals surface area contributed by atoms with Crippen LogP contribution in [0.2, 0.25) is 0 Å². The van der Waals surface area contributed by atoms with Gasteiger partial charge in [-0.1, -0.05) is 13.0 Å². The lowest BCUT2D eigenvalue weighted by atomic mass is 9.92. The molecule has 1 fully saturated rings. The van der Waals surface area contributed by atoms with E-state index in [-0.39, 0.29) is 0 Å². The fraction of sp³-hybridized carbons (Fsp3) is 0.846. The monoisotopic (exact) mass is 226 g/mol. The van der Waals surface area contributed by atoms with Gasteiger partial charge in [0.15, 0.2) is 0 Å². The summed E-state index contributed by atoms with van der Waals surface area (Å²) < 4.78 is 5.14. The highest BCUT2D eigenvalue weighted by Crippen LogP contribution is 2.16. The lowest BCUT2D eigenvalue weighted by Gasteiger charge is -2.34. The van der Waals surface area contributed by atoms with Gasteiger partial charge in [-0.3, -0.25) is 4.90 Å². The largest absolute Gasteiger partial charge is 0.383 e. The van der Waals surface area contributed by atoms with Gasteiger partial charge in [0.2, 0.25) is 0 Å². The van der Waals surface area contributed by atoms with E-state index in [9.17, 15) is 0 Å². The van der Waals surface area contributed by atoms with Crippen molar-refractivity contribution in [3.63, 3.8) is 0 Å². The Morgan fingerprint density at radius 2 is 2.38 bits per heavy atom. The molecule has 0 amide bonds. The Labute approximate surface area is 99.8 Å². The van der Waals surface area contributed by atoms with E-state index in [1.165, 1.54) is 19.4 Å². The molecule has 0 saturated carbocycles. The molecular formula is C13H26N2O. The van der Waals surface area contributed by atoms with E-state index in [1.54, 1.807) is 7.11 Å². The van der Waals surface area contributed by atoms with Crippen molar-refractivity contribution in [2.75, 3.05) is 39.9 Å². The van der Waals surface area contributed by atoms with Gasteiger partial charge in [0.1, 0.15) is 0 Å². The van der Waals surface area contributed by atoms with Crippen LogP contribution in [0.4, 0.5) is 0 Å². The molecule has 0 aromatic carbocycles. The van der Waals surface area contributed by atoms with Crippen LogP contribution in [0, 0.1) is 5.92 Å². The van der Waals surface area contributed by atoms with Gasteiger partial charge in [0.05, 0.1) is 6.61 Å². The molecule has 0 aromatic heterocycles. The minimum atomic E-state index is 0.630. The van der Waals surface area contributed by atoms with Gasteiger partial charge >= 0.3 is 0 Å². The molecule has 3 heteroatoms. The minimum Gasteiger partial charge on any atom is -0.383 e. The Bertz CT molecular complexity index is 196. The number of nitrogens with one attached hydrogen (secondary N) is 1. The molecule has 94 valence electrons. The second kappa shape index (κ2) is 7.82. The molecule has 1 N–H and O–H groups in total. The van der Waals surface area contributed by atoms with Crippen molar-refractivity contribution >= 4 is 0 Å². The first-order valence-corrected chi connectivity index (χ1v) is 6.33. The first-order chi connectivity index (χ1) is 7.77. The zero-order chi connectivity index (χ0) is 11.8. The average molecular weight is 226 g/mol. The summed E-state index contributed by atoms with van der Waals surface area (Å²) in [7, 11) is 1.76. The summed E-state index contributed by atoms with van der Waals surface area (Å²) in [6.07, 6.45) is 4.64. The fourth-order valence-electron chi connectivity index (χ4n) is 2.30. The van der Waals surface area contributed by atoms with Crippen LogP contribution in [0.1, 0.15) is 19.8 Å². The average Bonchev–Trinajstić information content (AvgIpc) is 2.29. The third-order valence-corrected chi connectivity index (χ3v) is 3.38. The lowest BCUT2D eigenvalue weighted by molar-refractivity contribution is 0.136. The Morgan fingerprint density at radius 1 is 1.56 bits per heavy atom. The summed E-state index contributed by atoms with van der Waals surface area (Å²) in [5, 5.41) is 3.62. The molecule has 2 unspecified atom stereocenters. The number of hydrogen-bond donors (Lipinski definition) is 1. The van der Waals surface area contributed by atoms with E-state index in [2.05, 4.69) is 23.7 Å². The van der Waals surface area contributed by atoms with Gasteiger partial charge in [-0.15, -0.1) is 6.58 Å². The smallest absolute Gasteiger partial charge is 0.0589 e. The van der Waals surface area contributed by atoms with Gasteiger partial charge in [0, 0.05) is 32.8 Å². The number of methoxy groups -OCH3 is 1. The molecule has 1 aliphatic heterocycles. The van der Waals surface area contributed by atoms with Crippen molar-refractivity contribution in [2.45, 2.75) is 25.8 Å². The number of hydrogen-bond acceptors (Lipinski definition) is 3. The molecule has 1 saturated heterocycles. The predicted octanol–water partition coefficient (Wildman–Crippen LogP) is 1.51. The zero-order valence-corrected chi connectivity index (χ0v) is 10.7. The van der Waals surface area contributed by atoms with Crippen molar-refractivity contribution in [1.82, 2.24) is 10.2 Å². The Morgan fingerprint density at radius 3 is 3.00 bits per heavy atom. The Balaban J connectivity index is 2.35. The first-order valence-electron chi connectivity index (χ1n) is 6.33. The Kier molecular flexibility index (Phi) is 6.69. The Hall–Kier alpha value is -0.380. The molecule has 1 heterocycles. The number of rotatable bonds is 7. The highest BCUT2D eigenvalue weighted by atomic mass is 16.5. The van der Waals surface area contributed by atoms with Gasteiger partial charge in [-0.25, -0.2) is 0 Å². The summed E-state index contributed by atoms with van der Waals surface area (Å²) in [6.45, 7) is 11.2. The van der Waals surface area contributed by atoms with Gasteiger partial charge in [0.25, 0.3) is 0 Å². The summed E-state index contributed by atoms with van der Waals surface area (Å²) in [5.74, 6) is 0.781. The van der Waals surface area contributed by atoms with E-state index >= 15 is 0 Å². The van der Waals surface area contributed by atoms with Crippen LogP contribution < -0.4 is 5.32 Å². The van der Waals surface area contributed by atoms with Crippen molar-refractivity contribution in [2.24, 2.45) is 5.92 Å². The van der Waals surface area contributed by atoms with Crippen molar-refractivity contribution in [1.29, 1.82) is 0 Å². The van der Waals surface area contributed by atoms with E-state index in [0.717, 1.165) is 32.2 Å². The summed E-state index contributed by atoms with van der Waals surface area (Å²) in [5.41, 5.74) is 0. The molecule has 1 aliphatic rings. The fourth-order valence-corrected chi connectivity index (χ4v) is 2.30. The van der Waals surface area contributed by atoms with E-state index < -0.39 is 0 Å². The summed E-state index contributed by atoms with van der Waals surface area (Å²) in [6, 6.07) is 0.630. The second-order valence-corrected chi connectivity index (χ2v) is 4.72. The third-order valence-electron chi connectivity index (χ3n) is 3.38. The van der Waals surface area contributed by atoms with Crippen molar-refractivity contribution in [3.05, 3.63) is 12.7 Å². The molecule has 0 spiro atoms. The van der Waals surface area contributed by atoms with Crippen LogP contribution in [-0.2, 0) is 4.74 Å². The van der Waals surface area contributed by atoms with Crippen LogP contribution in [0.5, 0.6) is 0 Å². The molecule has 3 nitrogen and oxygen atoms in total. The van der Waals surface area contributed by atoms with Crippen LogP contribution >= 0.6 is 0 Å². The normalized spacial score (nSPS) is 25.9.